The van der Waals surface area contributed by atoms with Crippen LogP contribution >= 0.6 is 0 Å². The summed E-state index contributed by atoms with van der Waals surface area (Å²) in [6.07, 6.45) is -0.387. The van der Waals surface area contributed by atoms with Gasteiger partial charge in [0.05, 0.1) is 6.04 Å². The molecule has 0 aliphatic heterocycles. The first kappa shape index (κ1) is 12.1. The van der Waals surface area contributed by atoms with Crippen LogP contribution in [0.3, 0.4) is 0 Å². The number of rotatable bonds is 4. The van der Waals surface area contributed by atoms with Gasteiger partial charge in [0.25, 0.3) is 0 Å². The van der Waals surface area contributed by atoms with Crippen LogP contribution in [0.4, 0.5) is 0 Å². The second-order valence-corrected chi connectivity index (χ2v) is 4.84. The number of hydrogen-bond donors (Lipinski definition) is 2. The third-order valence-corrected chi connectivity index (χ3v) is 2.99. The molecule has 2 aromatic rings. The van der Waals surface area contributed by atoms with Crippen LogP contribution in [0.5, 0.6) is 0 Å². The third-order valence-electron chi connectivity index (χ3n) is 2.99. The predicted octanol–water partition coefficient (Wildman–Crippen LogP) is 1.84. The molecule has 2 heteroatoms. The SMILES string of the molecule is CC(C)[NH2+]C[C@@H](O)c1ccc2ccccc2c1. The van der Waals surface area contributed by atoms with Gasteiger partial charge in [0.1, 0.15) is 12.6 Å². The van der Waals surface area contributed by atoms with E-state index in [1.165, 1.54) is 10.8 Å². The molecule has 0 aliphatic carbocycles. The molecule has 17 heavy (non-hydrogen) atoms. The van der Waals surface area contributed by atoms with Crippen molar-refractivity contribution in [1.82, 2.24) is 0 Å². The van der Waals surface area contributed by atoms with Crippen LogP contribution in [0.15, 0.2) is 42.5 Å². The molecule has 0 radical (unpaired) electrons. The van der Waals surface area contributed by atoms with Gasteiger partial charge in [-0.2, -0.15) is 0 Å². The Hall–Kier alpha value is -1.38. The highest BCUT2D eigenvalue weighted by atomic mass is 16.3. The Labute approximate surface area is 102 Å². The Morgan fingerprint density at radius 1 is 1.06 bits per heavy atom. The molecule has 2 nitrogen and oxygen atoms in total. The average Bonchev–Trinajstić information content (AvgIpc) is 2.35. The number of aliphatic hydroxyl groups is 1. The summed E-state index contributed by atoms with van der Waals surface area (Å²) >= 11 is 0. The van der Waals surface area contributed by atoms with E-state index in [1.807, 2.05) is 18.2 Å². The van der Waals surface area contributed by atoms with Gasteiger partial charge in [0.15, 0.2) is 0 Å². The minimum Gasteiger partial charge on any atom is -0.382 e. The van der Waals surface area contributed by atoms with E-state index in [2.05, 4.69) is 43.4 Å². The molecule has 2 aromatic carbocycles. The quantitative estimate of drug-likeness (QED) is 0.826. The lowest BCUT2D eigenvalue weighted by atomic mass is 10.0. The molecular weight excluding hydrogens is 210 g/mol. The maximum absolute atomic E-state index is 10.1. The van der Waals surface area contributed by atoms with Crippen molar-refractivity contribution < 1.29 is 10.4 Å². The molecule has 2 rings (SSSR count). The third kappa shape index (κ3) is 3.05. The fraction of sp³-hybridized carbons (Fsp3) is 0.333. The summed E-state index contributed by atoms with van der Waals surface area (Å²) in [4.78, 5) is 0. The first-order chi connectivity index (χ1) is 8.16. The minimum absolute atomic E-state index is 0.387. The van der Waals surface area contributed by atoms with Crippen LogP contribution < -0.4 is 5.32 Å². The number of benzene rings is 2. The summed E-state index contributed by atoms with van der Waals surface area (Å²) in [5.41, 5.74) is 1.00. The zero-order chi connectivity index (χ0) is 12.3. The van der Waals surface area contributed by atoms with Crippen LogP contribution in [0.25, 0.3) is 10.8 Å². The Kier molecular flexibility index (Phi) is 3.77. The number of aliphatic hydroxyl groups excluding tert-OH is 1. The maximum atomic E-state index is 10.1. The average molecular weight is 230 g/mol. The normalized spacial score (nSPS) is 13.2. The first-order valence-corrected chi connectivity index (χ1v) is 6.17. The zero-order valence-electron chi connectivity index (χ0n) is 10.4. The Balaban J connectivity index is 2.18. The van der Waals surface area contributed by atoms with Gasteiger partial charge in [-0.15, -0.1) is 0 Å². The van der Waals surface area contributed by atoms with Gasteiger partial charge in [0, 0.05) is 0 Å². The van der Waals surface area contributed by atoms with Crippen molar-refractivity contribution in [2.45, 2.75) is 26.0 Å². The lowest BCUT2D eigenvalue weighted by Crippen LogP contribution is -2.89. The number of hydrogen-bond acceptors (Lipinski definition) is 1. The Morgan fingerprint density at radius 3 is 2.47 bits per heavy atom. The minimum atomic E-state index is -0.387. The summed E-state index contributed by atoms with van der Waals surface area (Å²) in [6, 6.07) is 14.9. The summed E-state index contributed by atoms with van der Waals surface area (Å²) in [6.45, 7) is 4.98. The molecule has 0 amide bonds. The molecule has 0 saturated heterocycles. The monoisotopic (exact) mass is 230 g/mol. The summed E-state index contributed by atoms with van der Waals surface area (Å²) in [7, 11) is 0. The number of quaternary nitrogens is 1. The molecule has 90 valence electrons. The van der Waals surface area contributed by atoms with E-state index in [0.29, 0.717) is 6.04 Å². The van der Waals surface area contributed by atoms with Crippen LogP contribution in [0.2, 0.25) is 0 Å². The molecule has 0 unspecified atom stereocenters. The Morgan fingerprint density at radius 2 is 1.76 bits per heavy atom. The molecule has 3 N–H and O–H groups in total. The molecule has 0 bridgehead atoms. The summed E-state index contributed by atoms with van der Waals surface area (Å²) in [5, 5.41) is 14.7. The predicted molar refractivity (Wildman–Crippen MR) is 70.8 cm³/mol. The van der Waals surface area contributed by atoms with Crippen LogP contribution in [0, 0.1) is 0 Å². The van der Waals surface area contributed by atoms with Crippen molar-refractivity contribution in [3.63, 3.8) is 0 Å². The van der Waals surface area contributed by atoms with Gasteiger partial charge in [-0.1, -0.05) is 36.4 Å². The highest BCUT2D eigenvalue weighted by molar-refractivity contribution is 5.83. The van der Waals surface area contributed by atoms with Crippen molar-refractivity contribution >= 4 is 10.8 Å². The van der Waals surface area contributed by atoms with Crippen LogP contribution in [0.1, 0.15) is 25.5 Å². The van der Waals surface area contributed by atoms with E-state index in [4.69, 9.17) is 0 Å². The van der Waals surface area contributed by atoms with Crippen molar-refractivity contribution in [2.24, 2.45) is 0 Å². The van der Waals surface area contributed by atoms with Crippen molar-refractivity contribution in [2.75, 3.05) is 6.54 Å². The topological polar surface area (TPSA) is 36.8 Å². The lowest BCUT2D eigenvalue weighted by molar-refractivity contribution is -0.689. The highest BCUT2D eigenvalue weighted by Crippen LogP contribution is 2.19. The van der Waals surface area contributed by atoms with Crippen molar-refractivity contribution in [3.05, 3.63) is 48.0 Å². The van der Waals surface area contributed by atoms with Gasteiger partial charge in [-0.25, -0.2) is 0 Å². The molecule has 0 fully saturated rings. The highest BCUT2D eigenvalue weighted by Gasteiger charge is 2.10. The maximum Gasteiger partial charge on any atom is 0.128 e. The molecule has 0 spiro atoms. The zero-order valence-corrected chi connectivity index (χ0v) is 10.4. The lowest BCUT2D eigenvalue weighted by Gasteiger charge is -2.12. The fourth-order valence-electron chi connectivity index (χ4n) is 1.95. The molecule has 0 heterocycles. The number of nitrogens with two attached hydrogens (primary N) is 1. The standard InChI is InChI=1S/C15H19NO/c1-11(2)16-10-15(17)14-8-7-12-5-3-4-6-13(12)9-14/h3-9,11,15-17H,10H2,1-2H3/p+1/t15-/m1/s1. The van der Waals surface area contributed by atoms with Gasteiger partial charge < -0.3 is 10.4 Å². The van der Waals surface area contributed by atoms with Crippen molar-refractivity contribution in [1.29, 1.82) is 0 Å². The smallest absolute Gasteiger partial charge is 0.128 e. The molecular formula is C15H20NO+. The van der Waals surface area contributed by atoms with Crippen LogP contribution in [-0.2, 0) is 0 Å². The fourth-order valence-corrected chi connectivity index (χ4v) is 1.95. The number of fused-ring (bicyclic) bond motifs is 1. The largest absolute Gasteiger partial charge is 0.382 e. The van der Waals surface area contributed by atoms with Gasteiger partial charge in [-0.3, -0.25) is 0 Å². The summed E-state index contributed by atoms with van der Waals surface area (Å²) in [5.74, 6) is 0. The van der Waals surface area contributed by atoms with E-state index < -0.39 is 0 Å². The van der Waals surface area contributed by atoms with Gasteiger partial charge >= 0.3 is 0 Å². The van der Waals surface area contributed by atoms with E-state index in [-0.39, 0.29) is 6.10 Å². The van der Waals surface area contributed by atoms with E-state index in [1.54, 1.807) is 0 Å². The molecule has 0 aromatic heterocycles. The van der Waals surface area contributed by atoms with Gasteiger partial charge in [-0.05, 0) is 36.2 Å². The Bertz CT molecular complexity index is 493. The molecule has 0 aliphatic rings. The second-order valence-electron chi connectivity index (χ2n) is 4.84. The van der Waals surface area contributed by atoms with E-state index in [9.17, 15) is 5.11 Å². The summed E-state index contributed by atoms with van der Waals surface area (Å²) < 4.78 is 0. The molecule has 1 atom stereocenters. The first-order valence-electron chi connectivity index (χ1n) is 6.17. The van der Waals surface area contributed by atoms with Crippen LogP contribution in [-0.4, -0.2) is 17.7 Å². The second kappa shape index (κ2) is 5.30. The van der Waals surface area contributed by atoms with Crippen molar-refractivity contribution in [3.8, 4) is 0 Å². The van der Waals surface area contributed by atoms with Gasteiger partial charge in [0.2, 0.25) is 0 Å². The van der Waals surface area contributed by atoms with E-state index in [0.717, 1.165) is 12.1 Å². The molecule has 0 saturated carbocycles. The van der Waals surface area contributed by atoms with E-state index >= 15 is 0 Å².